The number of halogens is 2. The molecule has 1 aromatic heterocycles. The van der Waals surface area contributed by atoms with Crippen molar-refractivity contribution in [3.63, 3.8) is 0 Å². The maximum Gasteiger partial charge on any atom is 0.220 e. The molecule has 7 heteroatoms. The largest absolute Gasteiger partial charge is 0.399 e. The number of para-hydroxylation sites is 1. The molecule has 0 unspecified atom stereocenters. The number of nitrogens with two attached hydrogens (primary N) is 1. The van der Waals surface area contributed by atoms with Crippen LogP contribution < -0.4 is 11.1 Å². The molecular formula is C19H23Cl2N3OS. The topological polar surface area (TPSA) is 68.0 Å². The molecule has 0 radical (unpaired) electrons. The number of benzene rings is 2. The molecule has 0 spiro atoms. The van der Waals surface area contributed by atoms with Crippen molar-refractivity contribution in [3.05, 3.63) is 59.1 Å². The fraction of sp³-hybridized carbons (Fsp3) is 0.263. The molecule has 0 aliphatic heterocycles. The number of aromatic nitrogens is 1. The van der Waals surface area contributed by atoms with Crippen molar-refractivity contribution in [2.24, 2.45) is 0 Å². The van der Waals surface area contributed by atoms with E-state index in [0.29, 0.717) is 13.0 Å². The molecule has 0 aliphatic rings. The number of carbonyl (C=O) groups excluding carboxylic acids is 1. The Hall–Kier alpha value is -1.82. The number of hydrogen-bond acceptors (Lipinski definition) is 4. The number of anilines is 1. The Balaban J connectivity index is 0.00000169. The number of carbonyl (C=O) groups is 1. The van der Waals surface area contributed by atoms with Gasteiger partial charge in [0.05, 0.1) is 15.2 Å². The van der Waals surface area contributed by atoms with Crippen LogP contribution in [0.3, 0.4) is 0 Å². The molecule has 1 heterocycles. The van der Waals surface area contributed by atoms with Gasteiger partial charge in [0.1, 0.15) is 0 Å². The average Bonchev–Trinajstić information content (AvgIpc) is 2.99. The predicted octanol–water partition coefficient (Wildman–Crippen LogP) is 4.40. The Morgan fingerprint density at radius 2 is 1.77 bits per heavy atom. The highest BCUT2D eigenvalue weighted by atomic mass is 35.5. The minimum Gasteiger partial charge on any atom is -0.399 e. The summed E-state index contributed by atoms with van der Waals surface area (Å²) in [4.78, 5) is 16.5. The van der Waals surface area contributed by atoms with Gasteiger partial charge in [0, 0.05) is 18.7 Å². The second-order valence-electron chi connectivity index (χ2n) is 5.77. The Morgan fingerprint density at radius 1 is 1.04 bits per heavy atom. The Kier molecular flexibility index (Phi) is 9.41. The van der Waals surface area contributed by atoms with E-state index in [0.717, 1.165) is 35.5 Å². The fourth-order valence-electron chi connectivity index (χ4n) is 2.55. The van der Waals surface area contributed by atoms with E-state index in [1.807, 2.05) is 42.5 Å². The number of rotatable bonds is 7. The van der Waals surface area contributed by atoms with Gasteiger partial charge in [0.2, 0.25) is 5.91 Å². The van der Waals surface area contributed by atoms with Crippen molar-refractivity contribution in [3.8, 4) is 0 Å². The summed E-state index contributed by atoms with van der Waals surface area (Å²) >= 11 is 1.71. The zero-order valence-corrected chi connectivity index (χ0v) is 16.8. The van der Waals surface area contributed by atoms with Gasteiger partial charge in [-0.2, -0.15) is 0 Å². The highest BCUT2D eigenvalue weighted by molar-refractivity contribution is 7.18. The maximum atomic E-state index is 11.9. The van der Waals surface area contributed by atoms with E-state index in [1.54, 1.807) is 11.3 Å². The van der Waals surface area contributed by atoms with Crippen LogP contribution in [-0.2, 0) is 17.6 Å². The highest BCUT2D eigenvalue weighted by Gasteiger charge is 2.05. The Morgan fingerprint density at radius 3 is 2.50 bits per heavy atom. The SMILES string of the molecule is Cl.Cl.Nc1ccc(CCNC(=O)CCCc2nc3ccccc3s2)cc1. The summed E-state index contributed by atoms with van der Waals surface area (Å²) < 4.78 is 1.21. The van der Waals surface area contributed by atoms with Gasteiger partial charge in [0.15, 0.2) is 0 Å². The average molecular weight is 412 g/mol. The molecule has 3 aromatic rings. The van der Waals surface area contributed by atoms with Gasteiger partial charge in [-0.25, -0.2) is 4.98 Å². The number of thiazole rings is 1. The van der Waals surface area contributed by atoms with Gasteiger partial charge in [-0.1, -0.05) is 24.3 Å². The van der Waals surface area contributed by atoms with Crippen LogP contribution in [0.4, 0.5) is 5.69 Å². The van der Waals surface area contributed by atoms with E-state index in [9.17, 15) is 4.79 Å². The standard InChI is InChI=1S/C19H21N3OS.2ClH/c20-15-10-8-14(9-11-15)12-13-21-18(23)6-3-7-19-22-16-4-1-2-5-17(16)24-19;;/h1-2,4-5,8-11H,3,6-7,12-13,20H2,(H,21,23);2*1H. The number of amides is 1. The normalized spacial score (nSPS) is 10.0. The molecule has 0 bridgehead atoms. The molecule has 26 heavy (non-hydrogen) atoms. The van der Waals surface area contributed by atoms with E-state index < -0.39 is 0 Å². The lowest BCUT2D eigenvalue weighted by Gasteiger charge is -2.05. The van der Waals surface area contributed by atoms with Gasteiger partial charge >= 0.3 is 0 Å². The number of fused-ring (bicyclic) bond motifs is 1. The zero-order chi connectivity index (χ0) is 16.8. The summed E-state index contributed by atoms with van der Waals surface area (Å²) in [5.74, 6) is 0.103. The molecule has 3 rings (SSSR count). The van der Waals surface area contributed by atoms with Crippen LogP contribution >= 0.6 is 36.2 Å². The third-order valence-corrected chi connectivity index (χ3v) is 4.94. The van der Waals surface area contributed by atoms with E-state index >= 15 is 0 Å². The van der Waals surface area contributed by atoms with E-state index in [-0.39, 0.29) is 30.7 Å². The second kappa shape index (κ2) is 11.0. The number of nitrogens with zero attached hydrogens (tertiary/aromatic N) is 1. The fourth-order valence-corrected chi connectivity index (χ4v) is 3.56. The summed E-state index contributed by atoms with van der Waals surface area (Å²) in [6, 6.07) is 15.9. The number of nitrogens with one attached hydrogen (secondary N) is 1. The van der Waals surface area contributed by atoms with Gasteiger partial charge in [-0.05, 0) is 49.1 Å². The predicted molar refractivity (Wildman–Crippen MR) is 115 cm³/mol. The van der Waals surface area contributed by atoms with Crippen LogP contribution in [0, 0.1) is 0 Å². The zero-order valence-electron chi connectivity index (χ0n) is 14.3. The highest BCUT2D eigenvalue weighted by Crippen LogP contribution is 2.22. The maximum absolute atomic E-state index is 11.9. The number of nitrogen functional groups attached to an aromatic ring is 1. The summed E-state index contributed by atoms with van der Waals surface area (Å²) in [5, 5.41) is 4.07. The van der Waals surface area contributed by atoms with Crippen molar-refractivity contribution in [2.75, 3.05) is 12.3 Å². The lowest BCUT2D eigenvalue weighted by Crippen LogP contribution is -2.25. The summed E-state index contributed by atoms with van der Waals surface area (Å²) in [5.41, 5.74) is 8.65. The first-order chi connectivity index (χ1) is 11.7. The van der Waals surface area contributed by atoms with Crippen molar-refractivity contribution in [2.45, 2.75) is 25.7 Å². The summed E-state index contributed by atoms with van der Waals surface area (Å²) in [7, 11) is 0. The molecule has 2 aromatic carbocycles. The molecule has 0 aliphatic carbocycles. The van der Waals surface area contributed by atoms with Gasteiger partial charge in [-0.15, -0.1) is 36.2 Å². The van der Waals surface area contributed by atoms with Crippen LogP contribution in [0.1, 0.15) is 23.4 Å². The molecule has 1 amide bonds. The first kappa shape index (κ1) is 22.2. The summed E-state index contributed by atoms with van der Waals surface area (Å²) in [6.07, 6.45) is 3.04. The van der Waals surface area contributed by atoms with Crippen molar-refractivity contribution >= 4 is 58.0 Å². The van der Waals surface area contributed by atoms with Crippen LogP contribution in [-0.4, -0.2) is 17.4 Å². The molecule has 0 saturated carbocycles. The minimum atomic E-state index is 0. The smallest absolute Gasteiger partial charge is 0.220 e. The van der Waals surface area contributed by atoms with E-state index in [4.69, 9.17) is 5.73 Å². The number of hydrogen-bond donors (Lipinski definition) is 2. The third kappa shape index (κ3) is 6.48. The van der Waals surface area contributed by atoms with Gasteiger partial charge in [-0.3, -0.25) is 4.79 Å². The Labute approximate surface area is 170 Å². The van der Waals surface area contributed by atoms with Gasteiger partial charge in [0.25, 0.3) is 0 Å². The van der Waals surface area contributed by atoms with Crippen molar-refractivity contribution < 1.29 is 4.79 Å². The molecule has 0 saturated heterocycles. The van der Waals surface area contributed by atoms with Crippen LogP contribution in [0.2, 0.25) is 0 Å². The Bertz CT molecular complexity index is 788. The lowest BCUT2D eigenvalue weighted by atomic mass is 10.1. The van der Waals surface area contributed by atoms with Crippen LogP contribution in [0.25, 0.3) is 10.2 Å². The molecule has 0 fully saturated rings. The van der Waals surface area contributed by atoms with Crippen LogP contribution in [0.15, 0.2) is 48.5 Å². The minimum absolute atomic E-state index is 0. The van der Waals surface area contributed by atoms with E-state index in [2.05, 4.69) is 16.4 Å². The molecule has 0 atom stereocenters. The van der Waals surface area contributed by atoms with Gasteiger partial charge < -0.3 is 11.1 Å². The first-order valence-electron chi connectivity index (χ1n) is 8.16. The molecule has 3 N–H and O–H groups in total. The third-order valence-electron chi connectivity index (χ3n) is 3.85. The molecular weight excluding hydrogens is 389 g/mol. The van der Waals surface area contributed by atoms with E-state index in [1.165, 1.54) is 10.3 Å². The van der Waals surface area contributed by atoms with Crippen LogP contribution in [0.5, 0.6) is 0 Å². The lowest BCUT2D eigenvalue weighted by molar-refractivity contribution is -0.121. The molecule has 4 nitrogen and oxygen atoms in total. The quantitative estimate of drug-likeness (QED) is 0.565. The number of aryl methyl sites for hydroxylation is 1. The molecule has 140 valence electrons. The van der Waals surface area contributed by atoms with Crippen molar-refractivity contribution in [1.29, 1.82) is 0 Å². The second-order valence-corrected chi connectivity index (χ2v) is 6.89. The monoisotopic (exact) mass is 411 g/mol. The van der Waals surface area contributed by atoms with Crippen molar-refractivity contribution in [1.82, 2.24) is 10.3 Å². The summed E-state index contributed by atoms with van der Waals surface area (Å²) in [6.45, 7) is 0.657. The first-order valence-corrected chi connectivity index (χ1v) is 8.98.